The van der Waals surface area contributed by atoms with Crippen LogP contribution in [0, 0.1) is 5.92 Å². The molecule has 0 rings (SSSR count). The second kappa shape index (κ2) is 7.67. The van der Waals surface area contributed by atoms with Crippen molar-refractivity contribution in [2.24, 2.45) is 5.92 Å². The average Bonchev–Trinajstić information content (AvgIpc) is 2.24. The van der Waals surface area contributed by atoms with Gasteiger partial charge in [-0.3, -0.25) is 4.79 Å². The Labute approximate surface area is 105 Å². The number of carbonyl (C=O) groups excluding carboxylic acids is 1. The highest BCUT2D eigenvalue weighted by Crippen LogP contribution is 2.14. The summed E-state index contributed by atoms with van der Waals surface area (Å²) in [6, 6.07) is 0.237. The van der Waals surface area contributed by atoms with E-state index in [1.807, 2.05) is 34.6 Å². The van der Waals surface area contributed by atoms with Gasteiger partial charge in [0.15, 0.2) is 0 Å². The standard InChI is InChI=1S/C13H28N2O2/c1-6-11(4)15-12(16)7-8-14-9-13(5,17)10(2)3/h10-11,14,17H,6-9H2,1-5H3,(H,15,16). The van der Waals surface area contributed by atoms with Gasteiger partial charge in [0.2, 0.25) is 5.91 Å². The fourth-order valence-corrected chi connectivity index (χ4v) is 1.20. The zero-order chi connectivity index (χ0) is 13.5. The van der Waals surface area contributed by atoms with Gasteiger partial charge in [0, 0.05) is 25.6 Å². The van der Waals surface area contributed by atoms with E-state index >= 15 is 0 Å². The summed E-state index contributed by atoms with van der Waals surface area (Å²) >= 11 is 0. The Morgan fingerprint density at radius 2 is 1.94 bits per heavy atom. The van der Waals surface area contributed by atoms with E-state index in [4.69, 9.17) is 0 Å². The fourth-order valence-electron chi connectivity index (χ4n) is 1.20. The third kappa shape index (κ3) is 7.34. The first-order valence-electron chi connectivity index (χ1n) is 6.52. The smallest absolute Gasteiger partial charge is 0.221 e. The van der Waals surface area contributed by atoms with Crippen LogP contribution in [0.4, 0.5) is 0 Å². The van der Waals surface area contributed by atoms with Crippen LogP contribution >= 0.6 is 0 Å². The van der Waals surface area contributed by atoms with E-state index in [1.54, 1.807) is 0 Å². The van der Waals surface area contributed by atoms with Crippen LogP contribution in [0.25, 0.3) is 0 Å². The van der Waals surface area contributed by atoms with E-state index in [9.17, 15) is 9.90 Å². The summed E-state index contributed by atoms with van der Waals surface area (Å²) < 4.78 is 0. The van der Waals surface area contributed by atoms with Crippen molar-refractivity contribution in [2.45, 2.75) is 59.1 Å². The van der Waals surface area contributed by atoms with Crippen LogP contribution in [0.5, 0.6) is 0 Å². The van der Waals surface area contributed by atoms with Crippen molar-refractivity contribution in [3.63, 3.8) is 0 Å². The molecular weight excluding hydrogens is 216 g/mol. The molecule has 2 unspecified atom stereocenters. The predicted molar refractivity (Wildman–Crippen MR) is 70.8 cm³/mol. The molecule has 0 radical (unpaired) electrons. The molecule has 0 fully saturated rings. The number of hydrogen-bond donors (Lipinski definition) is 3. The number of carbonyl (C=O) groups is 1. The van der Waals surface area contributed by atoms with E-state index in [2.05, 4.69) is 10.6 Å². The first-order chi connectivity index (χ1) is 7.79. The Morgan fingerprint density at radius 3 is 2.41 bits per heavy atom. The summed E-state index contributed by atoms with van der Waals surface area (Å²) in [6.07, 6.45) is 1.40. The SMILES string of the molecule is CCC(C)NC(=O)CCNCC(C)(O)C(C)C. The van der Waals surface area contributed by atoms with Crippen LogP contribution in [0.2, 0.25) is 0 Å². The van der Waals surface area contributed by atoms with E-state index in [1.165, 1.54) is 0 Å². The van der Waals surface area contributed by atoms with E-state index < -0.39 is 5.60 Å². The van der Waals surface area contributed by atoms with Gasteiger partial charge in [-0.1, -0.05) is 20.8 Å². The Bertz CT molecular complexity index is 227. The molecule has 1 amide bonds. The van der Waals surface area contributed by atoms with Gasteiger partial charge in [-0.2, -0.15) is 0 Å². The number of amides is 1. The van der Waals surface area contributed by atoms with Crippen molar-refractivity contribution < 1.29 is 9.90 Å². The number of hydrogen-bond acceptors (Lipinski definition) is 3. The molecule has 2 atom stereocenters. The third-order valence-corrected chi connectivity index (χ3v) is 3.28. The molecule has 4 nitrogen and oxygen atoms in total. The molecule has 4 heteroatoms. The Kier molecular flexibility index (Phi) is 7.39. The fraction of sp³-hybridized carbons (Fsp3) is 0.923. The van der Waals surface area contributed by atoms with E-state index in [0.29, 0.717) is 19.5 Å². The van der Waals surface area contributed by atoms with Gasteiger partial charge in [0.25, 0.3) is 0 Å². The van der Waals surface area contributed by atoms with Gasteiger partial charge in [-0.05, 0) is 26.2 Å². The lowest BCUT2D eigenvalue weighted by atomic mass is 9.92. The highest BCUT2D eigenvalue weighted by Gasteiger charge is 2.23. The van der Waals surface area contributed by atoms with Crippen LogP contribution in [-0.4, -0.2) is 35.7 Å². The zero-order valence-corrected chi connectivity index (χ0v) is 11.8. The van der Waals surface area contributed by atoms with Gasteiger partial charge < -0.3 is 15.7 Å². The maximum atomic E-state index is 11.5. The van der Waals surface area contributed by atoms with Gasteiger partial charge >= 0.3 is 0 Å². The Morgan fingerprint density at radius 1 is 1.35 bits per heavy atom. The minimum atomic E-state index is -0.715. The zero-order valence-electron chi connectivity index (χ0n) is 11.8. The number of nitrogens with one attached hydrogen (secondary N) is 2. The number of aliphatic hydroxyl groups is 1. The quantitative estimate of drug-likeness (QED) is 0.564. The van der Waals surface area contributed by atoms with Crippen LogP contribution in [0.3, 0.4) is 0 Å². The molecule has 0 aliphatic heterocycles. The van der Waals surface area contributed by atoms with E-state index in [-0.39, 0.29) is 17.9 Å². The van der Waals surface area contributed by atoms with Gasteiger partial charge in [-0.25, -0.2) is 0 Å². The summed E-state index contributed by atoms with van der Waals surface area (Å²) in [5, 5.41) is 16.0. The largest absolute Gasteiger partial charge is 0.389 e. The van der Waals surface area contributed by atoms with Crippen molar-refractivity contribution in [3.8, 4) is 0 Å². The van der Waals surface area contributed by atoms with Crippen LogP contribution in [0.15, 0.2) is 0 Å². The summed E-state index contributed by atoms with van der Waals surface area (Å²) in [4.78, 5) is 11.5. The van der Waals surface area contributed by atoms with Gasteiger partial charge in [0.05, 0.1) is 5.60 Å². The molecule has 102 valence electrons. The molecule has 0 aliphatic carbocycles. The minimum Gasteiger partial charge on any atom is -0.389 e. The summed E-state index contributed by atoms with van der Waals surface area (Å²) in [5.41, 5.74) is -0.715. The maximum Gasteiger partial charge on any atom is 0.221 e. The topological polar surface area (TPSA) is 61.4 Å². The lowest BCUT2D eigenvalue weighted by Gasteiger charge is -2.27. The first kappa shape index (κ1) is 16.4. The normalized spacial score (nSPS) is 16.6. The Hall–Kier alpha value is -0.610. The minimum absolute atomic E-state index is 0.0658. The molecule has 0 bridgehead atoms. The average molecular weight is 244 g/mol. The molecule has 0 saturated carbocycles. The van der Waals surface area contributed by atoms with Gasteiger partial charge in [-0.15, -0.1) is 0 Å². The van der Waals surface area contributed by atoms with Crippen molar-refractivity contribution >= 4 is 5.91 Å². The van der Waals surface area contributed by atoms with Crippen LogP contribution in [0.1, 0.15) is 47.5 Å². The molecule has 17 heavy (non-hydrogen) atoms. The Balaban J connectivity index is 3.68. The van der Waals surface area contributed by atoms with E-state index in [0.717, 1.165) is 6.42 Å². The first-order valence-corrected chi connectivity index (χ1v) is 6.52. The molecular formula is C13H28N2O2. The summed E-state index contributed by atoms with van der Waals surface area (Å²) in [5.74, 6) is 0.264. The van der Waals surface area contributed by atoms with Crippen molar-refractivity contribution in [3.05, 3.63) is 0 Å². The summed E-state index contributed by atoms with van der Waals surface area (Å²) in [6.45, 7) is 10.9. The second-order valence-electron chi connectivity index (χ2n) is 5.32. The maximum absolute atomic E-state index is 11.5. The van der Waals surface area contributed by atoms with Crippen LogP contribution in [-0.2, 0) is 4.79 Å². The van der Waals surface area contributed by atoms with Crippen LogP contribution < -0.4 is 10.6 Å². The monoisotopic (exact) mass is 244 g/mol. The lowest BCUT2D eigenvalue weighted by Crippen LogP contribution is -2.43. The molecule has 3 N–H and O–H groups in total. The molecule has 0 aromatic heterocycles. The molecule has 0 aromatic rings. The molecule has 0 spiro atoms. The van der Waals surface area contributed by atoms with Gasteiger partial charge in [0.1, 0.15) is 0 Å². The predicted octanol–water partition coefficient (Wildman–Crippen LogP) is 1.29. The third-order valence-electron chi connectivity index (χ3n) is 3.28. The summed E-state index contributed by atoms with van der Waals surface area (Å²) in [7, 11) is 0. The highest BCUT2D eigenvalue weighted by molar-refractivity contribution is 5.76. The molecule has 0 aromatic carbocycles. The molecule has 0 heterocycles. The molecule has 0 aliphatic rings. The number of rotatable bonds is 8. The molecule has 0 saturated heterocycles. The highest BCUT2D eigenvalue weighted by atomic mass is 16.3. The second-order valence-corrected chi connectivity index (χ2v) is 5.32. The van der Waals surface area contributed by atoms with Crippen molar-refractivity contribution in [1.29, 1.82) is 0 Å². The van der Waals surface area contributed by atoms with Crippen molar-refractivity contribution in [2.75, 3.05) is 13.1 Å². The van der Waals surface area contributed by atoms with Crippen molar-refractivity contribution in [1.82, 2.24) is 10.6 Å². The lowest BCUT2D eigenvalue weighted by molar-refractivity contribution is -0.121.